The van der Waals surface area contributed by atoms with E-state index in [1.54, 1.807) is 0 Å². The third-order valence-corrected chi connectivity index (χ3v) is 2.75. The van der Waals surface area contributed by atoms with Crippen molar-refractivity contribution >= 4 is 0 Å². The first-order valence-corrected chi connectivity index (χ1v) is 5.19. The summed E-state index contributed by atoms with van der Waals surface area (Å²) in [6, 6.07) is 8.08. The van der Waals surface area contributed by atoms with E-state index in [-0.39, 0.29) is 6.61 Å². The first-order valence-electron chi connectivity index (χ1n) is 5.19. The summed E-state index contributed by atoms with van der Waals surface area (Å²) in [7, 11) is 0. The molecule has 0 unspecified atom stereocenters. The van der Waals surface area contributed by atoms with Crippen LogP contribution < -0.4 is 0 Å². The molecule has 0 fully saturated rings. The van der Waals surface area contributed by atoms with Crippen LogP contribution in [0.4, 0.5) is 0 Å². The minimum Gasteiger partial charge on any atom is -0.396 e. The molecule has 1 aromatic rings. The molecule has 1 aromatic carbocycles. The molecule has 0 radical (unpaired) electrons. The van der Waals surface area contributed by atoms with Gasteiger partial charge in [-0.2, -0.15) is 0 Å². The summed E-state index contributed by atoms with van der Waals surface area (Å²) in [4.78, 5) is 0. The van der Waals surface area contributed by atoms with Gasteiger partial charge in [-0.15, -0.1) is 0 Å². The summed E-state index contributed by atoms with van der Waals surface area (Å²) in [6.45, 7) is 3.04. The van der Waals surface area contributed by atoms with Gasteiger partial charge in [0.1, 0.15) is 0 Å². The Morgan fingerprint density at radius 3 is 2.20 bits per heavy atom. The Bertz CT molecular complexity index is 308. The van der Waals surface area contributed by atoms with Crippen LogP contribution in [0.3, 0.4) is 0 Å². The Morgan fingerprint density at radius 2 is 1.73 bits per heavy atom. The average molecular weight is 208 g/mol. The van der Waals surface area contributed by atoms with Crippen LogP contribution in [-0.2, 0) is 22.7 Å². The van der Waals surface area contributed by atoms with E-state index in [9.17, 15) is 0 Å². The van der Waals surface area contributed by atoms with Crippen LogP contribution in [0.2, 0.25) is 0 Å². The molecule has 0 atom stereocenters. The third kappa shape index (κ3) is 2.37. The van der Waals surface area contributed by atoms with E-state index < -0.39 is 5.79 Å². The highest BCUT2D eigenvalue weighted by Crippen LogP contribution is 2.26. The van der Waals surface area contributed by atoms with Gasteiger partial charge in [-0.25, -0.2) is 0 Å². The van der Waals surface area contributed by atoms with Crippen LogP contribution in [0.5, 0.6) is 0 Å². The normalized spacial score (nSPS) is 19.3. The molecule has 2 rings (SSSR count). The molecular weight excluding hydrogens is 192 g/mol. The second-order valence-electron chi connectivity index (χ2n) is 3.95. The van der Waals surface area contributed by atoms with Crippen LogP contribution in [0.25, 0.3) is 0 Å². The fraction of sp³-hybridized carbons (Fsp3) is 0.500. The second-order valence-corrected chi connectivity index (χ2v) is 3.95. The van der Waals surface area contributed by atoms with Gasteiger partial charge in [0.2, 0.25) is 0 Å². The maximum Gasteiger partial charge on any atom is 0.168 e. The molecule has 0 aliphatic carbocycles. The Morgan fingerprint density at radius 1 is 1.20 bits per heavy atom. The Labute approximate surface area is 89.6 Å². The molecule has 15 heavy (non-hydrogen) atoms. The molecule has 0 saturated carbocycles. The molecule has 0 bridgehead atoms. The van der Waals surface area contributed by atoms with Crippen molar-refractivity contribution in [2.75, 3.05) is 6.61 Å². The van der Waals surface area contributed by atoms with Crippen molar-refractivity contribution in [2.45, 2.75) is 32.3 Å². The van der Waals surface area contributed by atoms with Gasteiger partial charge in [-0.1, -0.05) is 24.3 Å². The van der Waals surface area contributed by atoms with Crippen LogP contribution in [0.15, 0.2) is 24.3 Å². The van der Waals surface area contributed by atoms with E-state index in [0.717, 1.165) is 0 Å². The molecule has 0 aromatic heterocycles. The van der Waals surface area contributed by atoms with Crippen LogP contribution in [0, 0.1) is 0 Å². The molecule has 0 spiro atoms. The highest BCUT2D eigenvalue weighted by Gasteiger charge is 2.28. The fourth-order valence-corrected chi connectivity index (χ4v) is 1.69. The van der Waals surface area contributed by atoms with Crippen LogP contribution in [0.1, 0.15) is 24.5 Å². The van der Waals surface area contributed by atoms with E-state index in [1.807, 2.05) is 31.2 Å². The molecular formula is C12H16O3. The summed E-state index contributed by atoms with van der Waals surface area (Å²) in [5, 5.41) is 8.93. The monoisotopic (exact) mass is 208 g/mol. The highest BCUT2D eigenvalue weighted by molar-refractivity contribution is 5.26. The lowest BCUT2D eigenvalue weighted by Gasteiger charge is -2.27. The minimum absolute atomic E-state index is 0.0762. The smallest absolute Gasteiger partial charge is 0.168 e. The summed E-state index contributed by atoms with van der Waals surface area (Å²) in [5.41, 5.74) is 2.33. The number of aliphatic hydroxyl groups is 1. The first kappa shape index (κ1) is 10.6. The van der Waals surface area contributed by atoms with Gasteiger partial charge in [0.15, 0.2) is 5.79 Å². The van der Waals surface area contributed by atoms with Gasteiger partial charge >= 0.3 is 0 Å². The molecule has 1 heterocycles. The van der Waals surface area contributed by atoms with Gasteiger partial charge in [-0.3, -0.25) is 0 Å². The quantitative estimate of drug-likeness (QED) is 0.805. The van der Waals surface area contributed by atoms with Crippen LogP contribution >= 0.6 is 0 Å². The topological polar surface area (TPSA) is 38.7 Å². The zero-order chi connectivity index (χ0) is 10.7. The lowest BCUT2D eigenvalue weighted by Crippen LogP contribution is -2.31. The average Bonchev–Trinajstić information content (AvgIpc) is 2.40. The summed E-state index contributed by atoms with van der Waals surface area (Å²) in [5.74, 6) is -0.659. The predicted molar refractivity (Wildman–Crippen MR) is 56.1 cm³/mol. The van der Waals surface area contributed by atoms with Crippen molar-refractivity contribution in [1.82, 2.24) is 0 Å². The number of hydrogen-bond acceptors (Lipinski definition) is 3. The third-order valence-electron chi connectivity index (χ3n) is 2.75. The molecule has 1 aliphatic heterocycles. The molecule has 1 N–H and O–H groups in total. The number of aliphatic hydroxyl groups excluding tert-OH is 1. The van der Waals surface area contributed by atoms with E-state index in [0.29, 0.717) is 19.6 Å². The van der Waals surface area contributed by atoms with Gasteiger partial charge < -0.3 is 14.6 Å². The van der Waals surface area contributed by atoms with Gasteiger partial charge in [0.05, 0.1) is 13.2 Å². The minimum atomic E-state index is -0.659. The number of rotatable bonds is 2. The Hall–Kier alpha value is -0.900. The predicted octanol–water partition coefficient (Wildman–Crippen LogP) is 1.83. The molecule has 0 saturated heterocycles. The molecule has 1 aliphatic rings. The molecule has 3 heteroatoms. The Balaban J connectivity index is 2.14. The van der Waals surface area contributed by atoms with E-state index in [2.05, 4.69) is 0 Å². The van der Waals surface area contributed by atoms with Crippen molar-refractivity contribution in [3.8, 4) is 0 Å². The second kappa shape index (κ2) is 4.31. The van der Waals surface area contributed by atoms with E-state index in [4.69, 9.17) is 14.6 Å². The summed E-state index contributed by atoms with van der Waals surface area (Å²) >= 11 is 0. The van der Waals surface area contributed by atoms with Crippen molar-refractivity contribution in [1.29, 1.82) is 0 Å². The maximum absolute atomic E-state index is 8.93. The summed E-state index contributed by atoms with van der Waals surface area (Å²) in [6.07, 6.45) is 0.501. The number of fused-ring (bicyclic) bond motifs is 1. The largest absolute Gasteiger partial charge is 0.396 e. The SMILES string of the molecule is CC1(CCO)OCc2ccccc2CO1. The lowest BCUT2D eigenvalue weighted by atomic mass is 10.1. The van der Waals surface area contributed by atoms with E-state index in [1.165, 1.54) is 11.1 Å². The van der Waals surface area contributed by atoms with Gasteiger partial charge in [-0.05, 0) is 18.1 Å². The number of ether oxygens (including phenoxy) is 2. The maximum atomic E-state index is 8.93. The first-order chi connectivity index (χ1) is 7.23. The number of benzene rings is 1. The van der Waals surface area contributed by atoms with Crippen molar-refractivity contribution in [3.05, 3.63) is 35.4 Å². The molecule has 82 valence electrons. The van der Waals surface area contributed by atoms with Crippen molar-refractivity contribution < 1.29 is 14.6 Å². The van der Waals surface area contributed by atoms with Crippen molar-refractivity contribution in [2.24, 2.45) is 0 Å². The fourth-order valence-electron chi connectivity index (χ4n) is 1.69. The summed E-state index contributed by atoms with van der Waals surface area (Å²) < 4.78 is 11.4. The van der Waals surface area contributed by atoms with Gasteiger partial charge in [0.25, 0.3) is 0 Å². The zero-order valence-corrected chi connectivity index (χ0v) is 8.90. The van der Waals surface area contributed by atoms with E-state index >= 15 is 0 Å². The van der Waals surface area contributed by atoms with Crippen LogP contribution in [-0.4, -0.2) is 17.5 Å². The Kier molecular flexibility index (Phi) is 3.05. The lowest BCUT2D eigenvalue weighted by molar-refractivity contribution is -0.238. The molecule has 0 amide bonds. The number of hydrogen-bond donors (Lipinski definition) is 1. The standard InChI is InChI=1S/C12H16O3/c1-12(6-7-13)14-8-10-4-2-3-5-11(10)9-15-12/h2-5,13H,6-9H2,1H3. The molecule has 3 nitrogen and oxygen atoms in total. The zero-order valence-electron chi connectivity index (χ0n) is 8.90. The van der Waals surface area contributed by atoms with Crippen molar-refractivity contribution in [3.63, 3.8) is 0 Å². The van der Waals surface area contributed by atoms with Gasteiger partial charge in [0, 0.05) is 13.0 Å². The highest BCUT2D eigenvalue weighted by atomic mass is 16.7.